The summed E-state index contributed by atoms with van der Waals surface area (Å²) in [6.07, 6.45) is 7.48. The molecule has 2 unspecified atom stereocenters. The number of hydrogen-bond donors (Lipinski definition) is 0. The van der Waals surface area contributed by atoms with Crippen LogP contribution >= 0.6 is 0 Å². The summed E-state index contributed by atoms with van der Waals surface area (Å²) in [4.78, 5) is 10.2. The molecule has 0 amide bonds. The number of nitrogens with zero attached hydrogens (tertiary/aromatic N) is 1. The summed E-state index contributed by atoms with van der Waals surface area (Å²) < 4.78 is 5.92. The second-order valence-corrected chi connectivity index (χ2v) is 4.57. The van der Waals surface area contributed by atoms with Gasteiger partial charge in [0.05, 0.1) is 12.7 Å². The van der Waals surface area contributed by atoms with Crippen LogP contribution in [0.5, 0.6) is 0 Å². The Morgan fingerprint density at radius 2 is 1.88 bits per heavy atom. The molecule has 2 fully saturated rings. The Bertz CT molecular complexity index is 180. The molecule has 0 spiro atoms. The van der Waals surface area contributed by atoms with Crippen LogP contribution in [0.3, 0.4) is 0 Å². The van der Waals surface area contributed by atoms with Crippen molar-refractivity contribution in [1.82, 2.24) is 4.90 Å². The minimum Gasteiger partial charge on any atom is -0.545 e. The molecule has 0 N–H and O–H groups in total. The summed E-state index contributed by atoms with van der Waals surface area (Å²) >= 11 is 0. The molecule has 1 saturated carbocycles. The van der Waals surface area contributed by atoms with Crippen LogP contribution in [0.15, 0.2) is 0 Å². The zero-order valence-corrected chi connectivity index (χ0v) is 13.1. The minimum absolute atomic E-state index is 0. The predicted molar refractivity (Wildman–Crippen MR) is 60.6 cm³/mol. The van der Waals surface area contributed by atoms with Crippen LogP contribution in [0.1, 0.15) is 32.1 Å². The van der Waals surface area contributed by atoms with Gasteiger partial charge in [0.1, 0.15) is 0 Å². The maximum Gasteiger partial charge on any atom is 0.0616 e. The third-order valence-electron chi connectivity index (χ3n) is 3.44. The van der Waals surface area contributed by atoms with Gasteiger partial charge in [-0.25, -0.2) is 0 Å². The molecule has 1 aliphatic carbocycles. The predicted octanol–water partition coefficient (Wildman–Crippen LogP) is 1.62. The first-order valence-electron chi connectivity index (χ1n) is 5.90. The van der Waals surface area contributed by atoms with Gasteiger partial charge >= 0.3 is 0 Å². The number of ether oxygens (including phenoxy) is 1. The van der Waals surface area contributed by atoms with Gasteiger partial charge in [-0.15, -0.1) is 0 Å². The van der Waals surface area contributed by atoms with Gasteiger partial charge < -0.3 is 14.4 Å². The topological polar surface area (TPSA) is 29.5 Å². The SMILES string of the molecule is CN1CCOC2CCCCCC2C1.[CH-]=O.[Y]. The van der Waals surface area contributed by atoms with E-state index in [1.54, 1.807) is 0 Å². The molecule has 1 aliphatic heterocycles. The molecule has 0 aromatic carbocycles. The molecule has 1 saturated heterocycles. The van der Waals surface area contributed by atoms with E-state index in [0.29, 0.717) is 6.10 Å². The number of fused-ring (bicyclic) bond motifs is 1. The Morgan fingerprint density at radius 3 is 2.62 bits per heavy atom. The van der Waals surface area contributed by atoms with E-state index in [1.165, 1.54) is 38.6 Å². The maximum atomic E-state index is 7.75. The molecular formula is C12H22NO2Y-. The van der Waals surface area contributed by atoms with Crippen LogP contribution in [0.2, 0.25) is 0 Å². The van der Waals surface area contributed by atoms with E-state index in [9.17, 15) is 0 Å². The van der Waals surface area contributed by atoms with Crippen molar-refractivity contribution >= 4 is 6.79 Å². The fraction of sp³-hybridized carbons (Fsp3) is 0.917. The average molecular weight is 301 g/mol. The van der Waals surface area contributed by atoms with Gasteiger partial charge in [0, 0.05) is 45.8 Å². The Hall–Kier alpha value is 0.694. The largest absolute Gasteiger partial charge is 0.545 e. The summed E-state index contributed by atoms with van der Waals surface area (Å²) in [6, 6.07) is 0. The minimum atomic E-state index is 0. The van der Waals surface area contributed by atoms with Crippen LogP contribution in [0.4, 0.5) is 0 Å². The zero-order valence-electron chi connectivity index (χ0n) is 10.2. The van der Waals surface area contributed by atoms with Gasteiger partial charge in [-0.3, -0.25) is 6.79 Å². The van der Waals surface area contributed by atoms with Crippen LogP contribution in [-0.2, 0) is 42.2 Å². The number of likely N-dealkylation sites (N-methyl/N-ethyl adjacent to an activating group) is 1. The third kappa shape index (κ3) is 5.35. The van der Waals surface area contributed by atoms with E-state index >= 15 is 0 Å². The Kier molecular flexibility index (Phi) is 10.1. The van der Waals surface area contributed by atoms with Crippen molar-refractivity contribution in [2.24, 2.45) is 5.92 Å². The van der Waals surface area contributed by atoms with Crippen LogP contribution in [0.25, 0.3) is 0 Å². The van der Waals surface area contributed by atoms with Crippen molar-refractivity contribution in [1.29, 1.82) is 0 Å². The van der Waals surface area contributed by atoms with Crippen molar-refractivity contribution in [2.75, 3.05) is 26.7 Å². The third-order valence-corrected chi connectivity index (χ3v) is 3.44. The van der Waals surface area contributed by atoms with Crippen molar-refractivity contribution in [2.45, 2.75) is 38.2 Å². The fourth-order valence-electron chi connectivity index (χ4n) is 2.63. The molecule has 2 atom stereocenters. The van der Waals surface area contributed by atoms with Gasteiger partial charge in [0.2, 0.25) is 0 Å². The fourth-order valence-corrected chi connectivity index (χ4v) is 2.63. The summed E-state index contributed by atoms with van der Waals surface area (Å²) in [5.74, 6) is 0.815. The van der Waals surface area contributed by atoms with Gasteiger partial charge in [0.15, 0.2) is 0 Å². The van der Waals surface area contributed by atoms with Gasteiger partial charge in [-0.1, -0.05) is 19.3 Å². The van der Waals surface area contributed by atoms with Crippen LogP contribution in [0, 0.1) is 5.92 Å². The second-order valence-electron chi connectivity index (χ2n) is 4.57. The smallest absolute Gasteiger partial charge is 0.0616 e. The molecule has 0 aromatic rings. The molecule has 91 valence electrons. The van der Waals surface area contributed by atoms with E-state index in [2.05, 4.69) is 18.7 Å². The van der Waals surface area contributed by atoms with Crippen molar-refractivity contribution in [3.8, 4) is 0 Å². The monoisotopic (exact) mass is 301 g/mol. The zero-order chi connectivity index (χ0) is 11.1. The van der Waals surface area contributed by atoms with Gasteiger partial charge in [-0.05, 0) is 25.8 Å². The average Bonchev–Trinajstić information content (AvgIpc) is 2.55. The Balaban J connectivity index is 0.000000711. The summed E-state index contributed by atoms with van der Waals surface area (Å²) in [5, 5.41) is 0. The second kappa shape index (κ2) is 9.70. The molecule has 0 aromatic heterocycles. The molecule has 4 heteroatoms. The first-order valence-corrected chi connectivity index (χ1v) is 5.90. The van der Waals surface area contributed by atoms with E-state index < -0.39 is 0 Å². The number of carbonyl (C=O) groups excluding carboxylic acids is 1. The maximum absolute atomic E-state index is 7.75. The molecule has 0 bridgehead atoms. The van der Waals surface area contributed by atoms with E-state index in [4.69, 9.17) is 9.53 Å². The molecule has 1 radical (unpaired) electrons. The molecule has 3 nitrogen and oxygen atoms in total. The first kappa shape index (κ1) is 16.7. The molecule has 2 rings (SSSR count). The summed E-state index contributed by atoms with van der Waals surface area (Å²) in [7, 11) is 2.22. The Morgan fingerprint density at radius 1 is 1.19 bits per heavy atom. The number of rotatable bonds is 0. The molecule has 2 aliphatic rings. The first-order chi connectivity index (χ1) is 7.36. The molecule has 16 heavy (non-hydrogen) atoms. The quantitative estimate of drug-likeness (QED) is 0.503. The Labute approximate surface area is 124 Å². The van der Waals surface area contributed by atoms with E-state index in [0.717, 1.165) is 19.1 Å². The van der Waals surface area contributed by atoms with Gasteiger partial charge in [-0.2, -0.15) is 0 Å². The van der Waals surface area contributed by atoms with Crippen molar-refractivity contribution < 1.29 is 42.2 Å². The van der Waals surface area contributed by atoms with E-state index in [1.807, 2.05) is 0 Å². The molecular weight excluding hydrogens is 279 g/mol. The van der Waals surface area contributed by atoms with Crippen LogP contribution < -0.4 is 0 Å². The van der Waals surface area contributed by atoms with Crippen molar-refractivity contribution in [3.05, 3.63) is 0 Å². The summed E-state index contributed by atoms with van der Waals surface area (Å²) in [5.41, 5.74) is 0. The standard InChI is InChI=1S/C11H21NO.CHO.Y/c1-12-7-8-13-11-6-4-2-3-5-10(11)9-12;1-2;/h10-11H,2-9H2,1H3;1H;/q;-1;. The number of hydrogen-bond acceptors (Lipinski definition) is 3. The van der Waals surface area contributed by atoms with Crippen molar-refractivity contribution in [3.63, 3.8) is 0 Å². The molecule has 1 heterocycles. The van der Waals surface area contributed by atoms with Crippen LogP contribution in [-0.4, -0.2) is 44.5 Å². The van der Waals surface area contributed by atoms with Gasteiger partial charge in [0.25, 0.3) is 0 Å². The summed E-state index contributed by atoms with van der Waals surface area (Å²) in [6.45, 7) is 6.56. The normalized spacial score (nSPS) is 30.8. The van der Waals surface area contributed by atoms with E-state index in [-0.39, 0.29) is 32.7 Å².